The highest BCUT2D eigenvalue weighted by Crippen LogP contribution is 2.11. The monoisotopic (exact) mass is 259 g/mol. The van der Waals surface area contributed by atoms with Gasteiger partial charge in [0.1, 0.15) is 6.23 Å². The van der Waals surface area contributed by atoms with Gasteiger partial charge in [-0.1, -0.05) is 6.92 Å². The number of nitrogens with one attached hydrogen (secondary N) is 1. The van der Waals surface area contributed by atoms with Gasteiger partial charge in [0.05, 0.1) is 18.8 Å². The van der Waals surface area contributed by atoms with E-state index in [2.05, 4.69) is 5.32 Å². The first-order valence-corrected chi connectivity index (χ1v) is 6.04. The van der Waals surface area contributed by atoms with Gasteiger partial charge in [-0.05, 0) is 6.42 Å². The largest absolute Gasteiger partial charge is 0.394 e. The Morgan fingerprint density at radius 3 is 1.94 bits per heavy atom. The van der Waals surface area contributed by atoms with Gasteiger partial charge < -0.3 is 20.4 Å². The highest BCUT2D eigenvalue weighted by Gasteiger charge is 2.35. The van der Waals surface area contributed by atoms with Crippen LogP contribution in [-0.2, 0) is 10.1 Å². The number of aliphatic hydroxyl groups is 4. The molecule has 0 aromatic rings. The molecule has 0 fully saturated rings. The van der Waals surface area contributed by atoms with Crippen LogP contribution in [0.5, 0.6) is 0 Å². The Hall–Kier alpha value is -0.290. The van der Waals surface area contributed by atoms with E-state index in [1.807, 2.05) is 0 Å². The molecular formula is C7H17NO7S. The van der Waals surface area contributed by atoms with E-state index in [0.29, 0.717) is 0 Å². The Bertz CT molecular complexity index is 292. The summed E-state index contributed by atoms with van der Waals surface area (Å²) in [6.07, 6.45) is -1.84. The second-order valence-corrected chi connectivity index (χ2v) is 4.96. The van der Waals surface area contributed by atoms with Crippen molar-refractivity contribution < 1.29 is 33.4 Å². The molecule has 8 nitrogen and oxygen atoms in total. The summed E-state index contributed by atoms with van der Waals surface area (Å²) in [5.74, 6) is 0. The van der Waals surface area contributed by atoms with E-state index in [-0.39, 0.29) is 6.42 Å². The number of rotatable bonds is 7. The summed E-state index contributed by atoms with van der Waals surface area (Å²) in [5.41, 5.74) is -3.78. The van der Waals surface area contributed by atoms with Crippen LogP contribution in [0.3, 0.4) is 0 Å². The molecule has 0 aliphatic heterocycles. The van der Waals surface area contributed by atoms with Gasteiger partial charge in [-0.2, -0.15) is 8.42 Å². The van der Waals surface area contributed by atoms with Crippen molar-refractivity contribution in [1.29, 1.82) is 0 Å². The number of aliphatic hydroxyl groups excluding tert-OH is 4. The molecule has 2 atom stereocenters. The molecule has 0 spiro atoms. The lowest BCUT2D eigenvalue weighted by Gasteiger charge is -2.33. The topological polar surface area (TPSA) is 147 Å². The molecule has 0 amide bonds. The Labute approximate surface area is 93.3 Å². The standard InChI is InChI=1S/C7H17NO7S/c1-2-7(3-9,4-10)8-5(11)6(12)16(13,14)15/h5-6,8-12H,2-4H2,1H3,(H,13,14,15). The van der Waals surface area contributed by atoms with E-state index < -0.39 is 40.5 Å². The molecule has 0 saturated carbocycles. The van der Waals surface area contributed by atoms with Gasteiger partial charge in [-0.25, -0.2) is 0 Å². The van der Waals surface area contributed by atoms with Crippen LogP contribution in [-0.4, -0.2) is 63.8 Å². The zero-order valence-electron chi connectivity index (χ0n) is 8.74. The lowest BCUT2D eigenvalue weighted by Crippen LogP contribution is -2.59. The SMILES string of the molecule is CCC(CO)(CO)NC(O)C(O)S(=O)(=O)O. The minimum atomic E-state index is -4.82. The average Bonchev–Trinajstić information content (AvgIpc) is 2.23. The Balaban J connectivity index is 4.71. The van der Waals surface area contributed by atoms with Crippen molar-refractivity contribution >= 4 is 10.1 Å². The third kappa shape index (κ3) is 3.94. The van der Waals surface area contributed by atoms with Crippen LogP contribution in [0.1, 0.15) is 13.3 Å². The molecule has 0 aliphatic rings. The molecule has 16 heavy (non-hydrogen) atoms. The number of hydrogen-bond donors (Lipinski definition) is 6. The molecule has 0 aliphatic carbocycles. The van der Waals surface area contributed by atoms with Gasteiger partial charge in [0.2, 0.25) is 5.44 Å². The van der Waals surface area contributed by atoms with Crippen LogP contribution in [0.2, 0.25) is 0 Å². The molecule has 0 radical (unpaired) electrons. The third-order valence-electron chi connectivity index (χ3n) is 2.31. The zero-order valence-corrected chi connectivity index (χ0v) is 9.55. The maximum atomic E-state index is 10.5. The van der Waals surface area contributed by atoms with E-state index in [0.717, 1.165) is 0 Å². The van der Waals surface area contributed by atoms with Gasteiger partial charge in [0.25, 0.3) is 10.1 Å². The van der Waals surface area contributed by atoms with E-state index >= 15 is 0 Å². The molecule has 0 aromatic heterocycles. The lowest BCUT2D eigenvalue weighted by atomic mass is 9.98. The predicted octanol–water partition coefficient (Wildman–Crippen LogP) is -2.77. The van der Waals surface area contributed by atoms with Crippen LogP contribution in [0, 0.1) is 0 Å². The lowest BCUT2D eigenvalue weighted by molar-refractivity contribution is -0.0178. The average molecular weight is 259 g/mol. The molecule has 0 saturated heterocycles. The molecule has 0 rings (SSSR count). The van der Waals surface area contributed by atoms with Crippen molar-refractivity contribution in [2.24, 2.45) is 0 Å². The second-order valence-electron chi connectivity index (χ2n) is 3.44. The summed E-state index contributed by atoms with van der Waals surface area (Å²) < 4.78 is 29.5. The van der Waals surface area contributed by atoms with Crippen molar-refractivity contribution in [3.05, 3.63) is 0 Å². The summed E-state index contributed by atoms with van der Waals surface area (Å²) in [4.78, 5) is 0. The van der Waals surface area contributed by atoms with Gasteiger partial charge in [-0.15, -0.1) is 0 Å². The van der Waals surface area contributed by atoms with E-state index in [1.54, 1.807) is 6.92 Å². The summed E-state index contributed by atoms with van der Waals surface area (Å²) in [6, 6.07) is 0. The summed E-state index contributed by atoms with van der Waals surface area (Å²) in [6.45, 7) is 0.427. The molecule has 0 aromatic carbocycles. The summed E-state index contributed by atoms with van der Waals surface area (Å²) >= 11 is 0. The second kappa shape index (κ2) is 5.87. The van der Waals surface area contributed by atoms with Gasteiger partial charge in [0.15, 0.2) is 0 Å². The van der Waals surface area contributed by atoms with Crippen molar-refractivity contribution in [3.63, 3.8) is 0 Å². The molecule has 98 valence electrons. The maximum Gasteiger partial charge on any atom is 0.296 e. The molecular weight excluding hydrogens is 242 g/mol. The number of hydrogen-bond acceptors (Lipinski definition) is 7. The highest BCUT2D eigenvalue weighted by atomic mass is 32.2. The van der Waals surface area contributed by atoms with Crippen LogP contribution in [0.4, 0.5) is 0 Å². The first-order valence-electron chi connectivity index (χ1n) is 4.54. The summed E-state index contributed by atoms with van der Waals surface area (Å²) in [7, 11) is -4.82. The van der Waals surface area contributed by atoms with Crippen molar-refractivity contribution in [3.8, 4) is 0 Å². The predicted molar refractivity (Wildman–Crippen MR) is 53.9 cm³/mol. The molecule has 6 N–H and O–H groups in total. The van der Waals surface area contributed by atoms with Gasteiger partial charge >= 0.3 is 0 Å². The van der Waals surface area contributed by atoms with Crippen molar-refractivity contribution in [2.75, 3.05) is 13.2 Å². The normalized spacial score (nSPS) is 17.1. The minimum absolute atomic E-state index is 0.176. The summed E-state index contributed by atoms with van der Waals surface area (Å²) in [5, 5.41) is 38.4. The van der Waals surface area contributed by atoms with Crippen LogP contribution in [0.25, 0.3) is 0 Å². The highest BCUT2D eigenvalue weighted by molar-refractivity contribution is 7.86. The van der Waals surface area contributed by atoms with Gasteiger partial charge in [-0.3, -0.25) is 9.87 Å². The van der Waals surface area contributed by atoms with Crippen molar-refractivity contribution in [1.82, 2.24) is 5.32 Å². The maximum absolute atomic E-state index is 10.5. The minimum Gasteiger partial charge on any atom is -0.394 e. The van der Waals surface area contributed by atoms with Crippen LogP contribution < -0.4 is 5.32 Å². The Kier molecular flexibility index (Phi) is 5.76. The quantitative estimate of drug-likeness (QED) is 0.213. The molecule has 0 bridgehead atoms. The van der Waals surface area contributed by atoms with Crippen LogP contribution in [0.15, 0.2) is 0 Å². The Morgan fingerprint density at radius 1 is 1.25 bits per heavy atom. The van der Waals surface area contributed by atoms with Gasteiger partial charge in [0, 0.05) is 0 Å². The fraction of sp³-hybridized carbons (Fsp3) is 1.00. The van der Waals surface area contributed by atoms with E-state index in [9.17, 15) is 13.5 Å². The fourth-order valence-corrected chi connectivity index (χ4v) is 1.41. The van der Waals surface area contributed by atoms with E-state index in [1.165, 1.54) is 0 Å². The van der Waals surface area contributed by atoms with Crippen LogP contribution >= 0.6 is 0 Å². The molecule has 9 heteroatoms. The zero-order chi connectivity index (χ0) is 13.0. The first kappa shape index (κ1) is 15.7. The smallest absolute Gasteiger partial charge is 0.296 e. The molecule has 2 unspecified atom stereocenters. The van der Waals surface area contributed by atoms with E-state index in [4.69, 9.17) is 19.9 Å². The third-order valence-corrected chi connectivity index (χ3v) is 3.18. The fourth-order valence-electron chi connectivity index (χ4n) is 1.01. The van der Waals surface area contributed by atoms with Crippen molar-refractivity contribution in [2.45, 2.75) is 30.5 Å². The first-order chi connectivity index (χ1) is 7.22. The Morgan fingerprint density at radius 2 is 1.69 bits per heavy atom. The molecule has 0 heterocycles.